The molecule has 4 aromatic rings. The molecule has 4 nitrogen and oxygen atoms in total. The second-order valence-electron chi connectivity index (χ2n) is 6.99. The number of nitrogens with one attached hydrogen (secondary N) is 1. The van der Waals surface area contributed by atoms with Gasteiger partial charge in [0.1, 0.15) is 12.1 Å². The Balaban J connectivity index is 1.69. The summed E-state index contributed by atoms with van der Waals surface area (Å²) in [6.45, 7) is 6.45. The van der Waals surface area contributed by atoms with Crippen LogP contribution in [-0.4, -0.2) is 9.97 Å². The average Bonchev–Trinajstić information content (AvgIpc) is 2.74. The first kappa shape index (κ1) is 18.6. The van der Waals surface area contributed by atoms with Crippen LogP contribution in [0, 0.1) is 18.9 Å². The van der Waals surface area contributed by atoms with Crippen molar-refractivity contribution in [3.8, 4) is 17.2 Å². The number of rotatable bonds is 4. The summed E-state index contributed by atoms with van der Waals surface area (Å²) >= 11 is 0. The van der Waals surface area contributed by atoms with Crippen molar-refractivity contribution in [3.63, 3.8) is 0 Å². The van der Waals surface area contributed by atoms with Crippen LogP contribution in [0.25, 0.3) is 26.9 Å². The van der Waals surface area contributed by atoms with Gasteiger partial charge in [0, 0.05) is 16.6 Å². The molecule has 1 N–H and O–H groups in total. The summed E-state index contributed by atoms with van der Waals surface area (Å²) in [5.74, 6) is 0.886. The summed E-state index contributed by atoms with van der Waals surface area (Å²) in [4.78, 5) is 13.2. The molecule has 0 saturated heterocycles. The van der Waals surface area contributed by atoms with Crippen LogP contribution in [0.4, 0.5) is 11.5 Å². The molecule has 0 amide bonds. The number of nitrogens with zero attached hydrogens (tertiary/aromatic N) is 3. The van der Waals surface area contributed by atoms with E-state index in [0.717, 1.165) is 39.1 Å². The normalized spacial score (nSPS) is 10.6. The van der Waals surface area contributed by atoms with Gasteiger partial charge in [-0.05, 0) is 55.3 Å². The number of hydrogen-bond acceptors (Lipinski definition) is 3. The van der Waals surface area contributed by atoms with Crippen LogP contribution in [0.1, 0.15) is 12.5 Å². The van der Waals surface area contributed by atoms with Crippen molar-refractivity contribution in [2.45, 2.75) is 13.5 Å². The highest BCUT2D eigenvalue weighted by atomic mass is 15.0. The molecule has 141 valence electrons. The first-order valence-electron chi connectivity index (χ1n) is 9.60. The van der Waals surface area contributed by atoms with Gasteiger partial charge in [-0.25, -0.2) is 9.97 Å². The van der Waals surface area contributed by atoms with E-state index in [1.807, 2.05) is 43.3 Å². The lowest BCUT2D eigenvalue weighted by Gasteiger charge is -2.10. The average molecular weight is 378 g/mol. The molecule has 3 aromatic carbocycles. The molecule has 0 aliphatic heterocycles. The lowest BCUT2D eigenvalue weighted by molar-refractivity contribution is 0.969. The van der Waals surface area contributed by atoms with Gasteiger partial charge in [0.25, 0.3) is 12.6 Å². The minimum atomic E-state index is 0.0919. The zero-order valence-corrected chi connectivity index (χ0v) is 16.3. The number of hydrogen-bond donors (Lipinski definition) is 1. The van der Waals surface area contributed by atoms with Gasteiger partial charge < -0.3 is 5.32 Å². The summed E-state index contributed by atoms with van der Waals surface area (Å²) < 4.78 is 0. The molecule has 0 saturated carbocycles. The van der Waals surface area contributed by atoms with Crippen LogP contribution in [-0.2, 0) is 6.54 Å². The van der Waals surface area contributed by atoms with Crippen molar-refractivity contribution in [2.75, 3.05) is 5.32 Å². The smallest absolute Gasteiger partial charge is 0.288 e. The third kappa shape index (κ3) is 4.59. The highest BCUT2D eigenvalue weighted by Crippen LogP contribution is 2.29. The van der Waals surface area contributed by atoms with Gasteiger partial charge >= 0.3 is 0 Å². The molecule has 1 atom stereocenters. The van der Waals surface area contributed by atoms with E-state index in [1.54, 1.807) is 6.33 Å². The standard InChI is InChI=1S/C25H22N4/c1-18(2)15-26-16-19-7-6-8-20(13-19)21-11-12-24-23(14-21)25(28-17-27-24)29-22-9-4-3-5-10-22/h3-14,17-18H,1,16H2,2H3,(H,27,28,29)/q+1. The summed E-state index contributed by atoms with van der Waals surface area (Å²) in [6, 6.07) is 27.7. The molecule has 0 bridgehead atoms. The van der Waals surface area contributed by atoms with Crippen LogP contribution >= 0.6 is 0 Å². The quantitative estimate of drug-likeness (QED) is 0.450. The Hall–Kier alpha value is -3.71. The highest BCUT2D eigenvalue weighted by Gasteiger charge is 2.08. The van der Waals surface area contributed by atoms with Gasteiger partial charge in [-0.1, -0.05) is 47.3 Å². The topological polar surface area (TPSA) is 42.2 Å². The van der Waals surface area contributed by atoms with E-state index in [9.17, 15) is 0 Å². The minimum Gasteiger partial charge on any atom is -0.340 e. The summed E-state index contributed by atoms with van der Waals surface area (Å²) in [5, 5.41) is 4.38. The third-order valence-corrected chi connectivity index (χ3v) is 4.51. The predicted molar refractivity (Wildman–Crippen MR) is 120 cm³/mol. The molecule has 0 spiro atoms. The van der Waals surface area contributed by atoms with Crippen molar-refractivity contribution in [3.05, 3.63) is 96.5 Å². The van der Waals surface area contributed by atoms with Gasteiger partial charge in [-0.15, -0.1) is 0 Å². The van der Waals surface area contributed by atoms with E-state index >= 15 is 0 Å². The van der Waals surface area contributed by atoms with Crippen LogP contribution < -0.4 is 5.32 Å². The molecule has 1 radical (unpaired) electrons. The molecule has 4 rings (SSSR count). The maximum absolute atomic E-state index is 4.46. The Morgan fingerprint density at radius 2 is 1.79 bits per heavy atom. The highest BCUT2D eigenvalue weighted by molar-refractivity contribution is 5.93. The van der Waals surface area contributed by atoms with Crippen LogP contribution in [0.2, 0.25) is 0 Å². The largest absolute Gasteiger partial charge is 0.340 e. The molecule has 29 heavy (non-hydrogen) atoms. The van der Waals surface area contributed by atoms with Crippen molar-refractivity contribution >= 4 is 22.4 Å². The first-order valence-corrected chi connectivity index (χ1v) is 9.60. The van der Waals surface area contributed by atoms with Crippen molar-refractivity contribution < 1.29 is 0 Å². The van der Waals surface area contributed by atoms with E-state index in [1.165, 1.54) is 0 Å². The fourth-order valence-corrected chi connectivity index (χ4v) is 3.14. The van der Waals surface area contributed by atoms with E-state index in [0.29, 0.717) is 6.54 Å². The molecule has 1 heterocycles. The summed E-state index contributed by atoms with van der Waals surface area (Å²) in [7, 11) is 0. The van der Waals surface area contributed by atoms with E-state index in [2.05, 4.69) is 69.5 Å². The predicted octanol–water partition coefficient (Wildman–Crippen LogP) is 6.34. The number of para-hydroxylation sites is 1. The molecule has 4 heteroatoms. The number of fused-ring (bicyclic) bond motifs is 1. The molecule has 0 fully saturated rings. The molecule has 1 aromatic heterocycles. The molecular weight excluding hydrogens is 356 g/mol. The second-order valence-corrected chi connectivity index (χ2v) is 6.99. The van der Waals surface area contributed by atoms with Crippen LogP contribution in [0.15, 0.2) is 79.1 Å². The fourth-order valence-electron chi connectivity index (χ4n) is 3.14. The maximum Gasteiger partial charge on any atom is 0.288 e. The zero-order valence-electron chi connectivity index (χ0n) is 16.3. The minimum absolute atomic E-state index is 0.0919. The lowest BCUT2D eigenvalue weighted by Crippen LogP contribution is -1.96. The number of benzene rings is 3. The van der Waals surface area contributed by atoms with Gasteiger partial charge in [-0.3, -0.25) is 0 Å². The molecule has 1 unspecified atom stereocenters. The molecule has 0 aliphatic rings. The second kappa shape index (κ2) is 8.53. The van der Waals surface area contributed by atoms with Crippen molar-refractivity contribution in [2.24, 2.45) is 5.92 Å². The third-order valence-electron chi connectivity index (χ3n) is 4.51. The number of anilines is 2. The van der Waals surface area contributed by atoms with Gasteiger partial charge in [0.2, 0.25) is 0 Å². The van der Waals surface area contributed by atoms with Crippen LogP contribution in [0.5, 0.6) is 0 Å². The van der Waals surface area contributed by atoms with E-state index < -0.39 is 0 Å². The van der Waals surface area contributed by atoms with Gasteiger partial charge in [0.05, 0.1) is 11.4 Å². The SMILES string of the molecule is [CH2]C(C)C#[N+]Cc1cccc(-c2ccc3ncnc(Nc4ccccc4)c3c2)c1. The van der Waals surface area contributed by atoms with Crippen LogP contribution in [0.3, 0.4) is 0 Å². The van der Waals surface area contributed by atoms with Crippen molar-refractivity contribution in [1.29, 1.82) is 0 Å². The summed E-state index contributed by atoms with van der Waals surface area (Å²) in [6.07, 6.45) is 1.59. The Labute approximate surface area is 171 Å². The monoisotopic (exact) mass is 378 g/mol. The van der Waals surface area contributed by atoms with E-state index in [-0.39, 0.29) is 5.92 Å². The Morgan fingerprint density at radius 1 is 0.966 bits per heavy atom. The molecule has 0 aliphatic carbocycles. The Bertz CT molecular complexity index is 1190. The van der Waals surface area contributed by atoms with Crippen molar-refractivity contribution in [1.82, 2.24) is 9.97 Å². The van der Waals surface area contributed by atoms with E-state index in [4.69, 9.17) is 0 Å². The maximum atomic E-state index is 4.46. The van der Waals surface area contributed by atoms with Gasteiger partial charge in [-0.2, -0.15) is 0 Å². The first-order chi connectivity index (χ1) is 14.2. The number of aromatic nitrogens is 2. The fraction of sp³-hybridized carbons (Fsp3) is 0.120. The Kier molecular flexibility index (Phi) is 5.49. The summed E-state index contributed by atoms with van der Waals surface area (Å²) in [5.41, 5.74) is 5.29. The lowest BCUT2D eigenvalue weighted by atomic mass is 10.0. The molecular formula is C25H22N4+. The Morgan fingerprint density at radius 3 is 2.62 bits per heavy atom. The van der Waals surface area contributed by atoms with Gasteiger partial charge in [0.15, 0.2) is 0 Å². The zero-order chi connectivity index (χ0) is 20.1.